The summed E-state index contributed by atoms with van der Waals surface area (Å²) in [6, 6.07) is 5.88. The van der Waals surface area contributed by atoms with Gasteiger partial charge in [0.25, 0.3) is 0 Å². The molecule has 1 aromatic heterocycles. The van der Waals surface area contributed by atoms with E-state index in [9.17, 15) is 17.6 Å². The molecule has 1 heterocycles. The zero-order chi connectivity index (χ0) is 19.3. The number of furan rings is 1. The molecule has 2 aromatic rings. The van der Waals surface area contributed by atoms with Gasteiger partial charge in [0.15, 0.2) is 0 Å². The van der Waals surface area contributed by atoms with Crippen LogP contribution in [0.25, 0.3) is 0 Å². The Morgan fingerprint density at radius 1 is 1.27 bits per heavy atom. The minimum Gasteiger partial charge on any atom is -0.467 e. The van der Waals surface area contributed by atoms with Crippen molar-refractivity contribution in [3.8, 4) is 0 Å². The average molecular weight is 382 g/mol. The van der Waals surface area contributed by atoms with E-state index in [2.05, 4.69) is 10.0 Å². The molecule has 0 radical (unpaired) electrons. The first-order valence-corrected chi connectivity index (χ1v) is 9.76. The highest BCUT2D eigenvalue weighted by molar-refractivity contribution is 7.89. The third-order valence-electron chi connectivity index (χ3n) is 3.76. The molecular weight excluding hydrogens is 359 g/mol. The average Bonchev–Trinajstić information content (AvgIpc) is 3.04. The molecule has 0 spiro atoms. The molecule has 142 valence electrons. The predicted octanol–water partition coefficient (Wildman–Crippen LogP) is 2.74. The first-order valence-electron chi connectivity index (χ1n) is 8.27. The topological polar surface area (TPSA) is 88.4 Å². The maximum atomic E-state index is 13.2. The fraction of sp³-hybridized carbons (Fsp3) is 0.389. The number of nitrogens with one attached hydrogen (secondary N) is 2. The van der Waals surface area contributed by atoms with Crippen LogP contribution < -0.4 is 10.0 Å². The molecule has 0 fully saturated rings. The van der Waals surface area contributed by atoms with Crippen LogP contribution in [0, 0.1) is 18.7 Å². The lowest BCUT2D eigenvalue weighted by atomic mass is 10.0. The first kappa shape index (κ1) is 20.1. The van der Waals surface area contributed by atoms with E-state index >= 15 is 0 Å². The Bertz CT molecular complexity index is 848. The monoisotopic (exact) mass is 382 g/mol. The number of hydrogen-bond donors (Lipinski definition) is 2. The second-order valence-corrected chi connectivity index (χ2v) is 8.19. The smallest absolute Gasteiger partial charge is 0.241 e. The van der Waals surface area contributed by atoms with E-state index in [1.54, 1.807) is 12.1 Å². The van der Waals surface area contributed by atoms with Crippen molar-refractivity contribution in [3.63, 3.8) is 0 Å². The van der Waals surface area contributed by atoms with Gasteiger partial charge in [-0.2, -0.15) is 4.72 Å². The van der Waals surface area contributed by atoms with Crippen molar-refractivity contribution < 1.29 is 22.0 Å². The molecule has 0 saturated carbocycles. The molecule has 1 atom stereocenters. The lowest BCUT2D eigenvalue weighted by Gasteiger charge is -2.20. The van der Waals surface area contributed by atoms with Crippen LogP contribution in [0.5, 0.6) is 0 Å². The Labute approximate surface area is 152 Å². The molecule has 0 saturated heterocycles. The van der Waals surface area contributed by atoms with Gasteiger partial charge in [-0.05, 0) is 55.2 Å². The predicted molar refractivity (Wildman–Crippen MR) is 95.3 cm³/mol. The van der Waals surface area contributed by atoms with Crippen LogP contribution in [0.1, 0.15) is 31.6 Å². The van der Waals surface area contributed by atoms with E-state index < -0.39 is 27.8 Å². The summed E-state index contributed by atoms with van der Waals surface area (Å²) in [7, 11) is -3.97. The molecule has 26 heavy (non-hydrogen) atoms. The van der Waals surface area contributed by atoms with Gasteiger partial charge in [0.1, 0.15) is 17.6 Å². The molecular formula is C18H23FN2O4S. The number of carbonyl (C=O) groups is 1. The minimum atomic E-state index is -3.97. The third kappa shape index (κ3) is 5.40. The van der Waals surface area contributed by atoms with Crippen molar-refractivity contribution in [2.75, 3.05) is 0 Å². The third-order valence-corrected chi connectivity index (χ3v) is 5.40. The number of rotatable bonds is 8. The molecule has 0 aliphatic carbocycles. The Balaban J connectivity index is 2.16. The molecule has 0 bridgehead atoms. The number of amides is 1. The van der Waals surface area contributed by atoms with E-state index in [-0.39, 0.29) is 22.9 Å². The SMILES string of the molecule is Cc1cc(F)ccc1S(=O)(=O)N[C@@H](CC(C)C)C(=O)NCc1ccco1. The minimum absolute atomic E-state index is 0.0495. The van der Waals surface area contributed by atoms with Gasteiger partial charge in [0.2, 0.25) is 15.9 Å². The summed E-state index contributed by atoms with van der Waals surface area (Å²) in [5, 5.41) is 2.67. The normalized spacial score (nSPS) is 13.0. The van der Waals surface area contributed by atoms with E-state index in [1.807, 2.05) is 13.8 Å². The van der Waals surface area contributed by atoms with Crippen molar-refractivity contribution in [1.82, 2.24) is 10.0 Å². The molecule has 2 rings (SSSR count). The summed E-state index contributed by atoms with van der Waals surface area (Å²) in [4.78, 5) is 12.4. The summed E-state index contributed by atoms with van der Waals surface area (Å²) in [6.45, 7) is 5.46. The highest BCUT2D eigenvalue weighted by atomic mass is 32.2. The number of halogens is 1. The lowest BCUT2D eigenvalue weighted by Crippen LogP contribution is -2.47. The van der Waals surface area contributed by atoms with Gasteiger partial charge >= 0.3 is 0 Å². The van der Waals surface area contributed by atoms with Crippen LogP contribution in [0.3, 0.4) is 0 Å². The maximum absolute atomic E-state index is 13.2. The van der Waals surface area contributed by atoms with Crippen LogP contribution in [0.15, 0.2) is 45.9 Å². The van der Waals surface area contributed by atoms with Gasteiger partial charge in [-0.25, -0.2) is 12.8 Å². The number of carbonyl (C=O) groups excluding carboxylic acids is 1. The second kappa shape index (κ2) is 8.46. The molecule has 6 nitrogen and oxygen atoms in total. The van der Waals surface area contributed by atoms with Crippen molar-refractivity contribution in [2.45, 2.75) is 44.7 Å². The Hall–Kier alpha value is -2.19. The van der Waals surface area contributed by atoms with Crippen molar-refractivity contribution >= 4 is 15.9 Å². The van der Waals surface area contributed by atoms with Crippen LogP contribution in [0.2, 0.25) is 0 Å². The van der Waals surface area contributed by atoms with Gasteiger partial charge in [-0.1, -0.05) is 13.8 Å². The first-order chi connectivity index (χ1) is 12.2. The number of aryl methyl sites for hydroxylation is 1. The van der Waals surface area contributed by atoms with Gasteiger partial charge in [-0.3, -0.25) is 4.79 Å². The summed E-state index contributed by atoms with van der Waals surface area (Å²) in [6.07, 6.45) is 1.82. The Morgan fingerprint density at radius 2 is 2.00 bits per heavy atom. The Kier molecular flexibility index (Phi) is 6.55. The molecule has 0 unspecified atom stereocenters. The summed E-state index contributed by atoms with van der Waals surface area (Å²) in [5.74, 6) is -0.305. The zero-order valence-corrected chi connectivity index (χ0v) is 15.8. The van der Waals surface area contributed by atoms with Crippen LogP contribution in [0.4, 0.5) is 4.39 Å². The van der Waals surface area contributed by atoms with Crippen molar-refractivity contribution in [3.05, 3.63) is 53.7 Å². The van der Waals surface area contributed by atoms with E-state index in [1.165, 1.54) is 19.3 Å². The van der Waals surface area contributed by atoms with E-state index in [0.717, 1.165) is 12.1 Å². The standard InChI is InChI=1S/C18H23FN2O4S/c1-12(2)9-16(18(22)20-11-15-5-4-8-25-15)21-26(23,24)17-7-6-14(19)10-13(17)3/h4-8,10,12,16,21H,9,11H2,1-3H3,(H,20,22)/t16-/m0/s1. The summed E-state index contributed by atoms with van der Waals surface area (Å²) < 4.78 is 46.2. The number of sulfonamides is 1. The van der Waals surface area contributed by atoms with Gasteiger partial charge in [0.05, 0.1) is 17.7 Å². The fourth-order valence-electron chi connectivity index (χ4n) is 2.56. The number of hydrogen-bond acceptors (Lipinski definition) is 4. The molecule has 2 N–H and O–H groups in total. The molecule has 8 heteroatoms. The summed E-state index contributed by atoms with van der Waals surface area (Å²) in [5.41, 5.74) is 0.275. The molecule has 1 amide bonds. The van der Waals surface area contributed by atoms with Crippen LogP contribution >= 0.6 is 0 Å². The van der Waals surface area contributed by atoms with Crippen LogP contribution in [-0.4, -0.2) is 20.4 Å². The zero-order valence-electron chi connectivity index (χ0n) is 15.0. The summed E-state index contributed by atoms with van der Waals surface area (Å²) >= 11 is 0. The van der Waals surface area contributed by atoms with Crippen molar-refractivity contribution in [1.29, 1.82) is 0 Å². The fourth-order valence-corrected chi connectivity index (χ4v) is 3.99. The maximum Gasteiger partial charge on any atom is 0.241 e. The van der Waals surface area contributed by atoms with Gasteiger partial charge in [0, 0.05) is 0 Å². The quantitative estimate of drug-likeness (QED) is 0.735. The van der Waals surface area contributed by atoms with Gasteiger partial charge < -0.3 is 9.73 Å². The highest BCUT2D eigenvalue weighted by Crippen LogP contribution is 2.18. The van der Waals surface area contributed by atoms with E-state index in [0.29, 0.717) is 12.2 Å². The van der Waals surface area contributed by atoms with Gasteiger partial charge in [-0.15, -0.1) is 0 Å². The van der Waals surface area contributed by atoms with Crippen LogP contribution in [-0.2, 0) is 21.4 Å². The van der Waals surface area contributed by atoms with Crippen molar-refractivity contribution in [2.24, 2.45) is 5.92 Å². The number of benzene rings is 1. The van der Waals surface area contributed by atoms with E-state index in [4.69, 9.17) is 4.42 Å². The second-order valence-electron chi connectivity index (χ2n) is 6.51. The highest BCUT2D eigenvalue weighted by Gasteiger charge is 2.27. The lowest BCUT2D eigenvalue weighted by molar-refractivity contribution is -0.123. The molecule has 0 aliphatic heterocycles. The Morgan fingerprint density at radius 3 is 2.58 bits per heavy atom. The molecule has 1 aromatic carbocycles. The largest absolute Gasteiger partial charge is 0.467 e. The molecule has 0 aliphatic rings.